The number of piperidine rings is 1. The quantitative estimate of drug-likeness (QED) is 0.801. The summed E-state index contributed by atoms with van der Waals surface area (Å²) in [7, 11) is 0. The zero-order valence-electron chi connectivity index (χ0n) is 13.2. The van der Waals surface area contributed by atoms with Crippen LogP contribution in [0, 0.1) is 0 Å². The van der Waals surface area contributed by atoms with E-state index in [1.54, 1.807) is 0 Å². The van der Waals surface area contributed by atoms with E-state index in [0.717, 1.165) is 43.7 Å². The Bertz CT molecular complexity index is 439. The normalized spacial score (nSPS) is 19.0. The van der Waals surface area contributed by atoms with Crippen molar-refractivity contribution >= 4 is 21.6 Å². The molecule has 3 nitrogen and oxygen atoms in total. The molecule has 1 heterocycles. The van der Waals surface area contributed by atoms with Gasteiger partial charge in [-0.1, -0.05) is 29.8 Å². The van der Waals surface area contributed by atoms with Gasteiger partial charge in [-0.2, -0.15) is 0 Å². The third-order valence-electron chi connectivity index (χ3n) is 3.88. The van der Waals surface area contributed by atoms with Crippen LogP contribution in [0.25, 0.3) is 0 Å². The molecule has 0 radical (unpaired) electrons. The number of benzene rings is 1. The number of halogens is 1. The largest absolute Gasteiger partial charge is 0.376 e. The van der Waals surface area contributed by atoms with Crippen molar-refractivity contribution in [2.45, 2.75) is 45.8 Å². The van der Waals surface area contributed by atoms with Gasteiger partial charge in [-0.3, -0.25) is 0 Å². The average molecular weight is 355 g/mol. The molecule has 1 aliphatic rings. The zero-order valence-corrected chi connectivity index (χ0v) is 14.8. The fourth-order valence-electron chi connectivity index (χ4n) is 2.84. The monoisotopic (exact) mass is 354 g/mol. The summed E-state index contributed by atoms with van der Waals surface area (Å²) in [6, 6.07) is 6.61. The van der Waals surface area contributed by atoms with E-state index in [-0.39, 0.29) is 0 Å². The van der Waals surface area contributed by atoms with Crippen molar-refractivity contribution in [2.24, 2.45) is 0 Å². The van der Waals surface area contributed by atoms with Gasteiger partial charge in [0.1, 0.15) is 0 Å². The van der Waals surface area contributed by atoms with E-state index in [1.807, 2.05) is 0 Å². The van der Waals surface area contributed by atoms with Crippen molar-refractivity contribution in [1.82, 2.24) is 5.32 Å². The van der Waals surface area contributed by atoms with Crippen LogP contribution in [0.5, 0.6) is 0 Å². The molecule has 0 amide bonds. The first-order chi connectivity index (χ1) is 10.2. The van der Waals surface area contributed by atoms with Crippen molar-refractivity contribution < 1.29 is 4.74 Å². The standard InChI is InChI=1S/C17H27BrN2O/c1-3-10-21-16-6-5-9-20(13-16)17-8-7-15(18)11-14(17)12-19-4-2/h7-8,11,16,19H,3-6,9-10,12-13H2,1-2H3. The van der Waals surface area contributed by atoms with Crippen LogP contribution in [0.2, 0.25) is 0 Å². The highest BCUT2D eigenvalue weighted by atomic mass is 79.9. The van der Waals surface area contributed by atoms with E-state index in [2.05, 4.69) is 58.2 Å². The molecule has 4 heteroatoms. The Morgan fingerprint density at radius 1 is 1.38 bits per heavy atom. The first-order valence-corrected chi connectivity index (χ1v) is 8.89. The lowest BCUT2D eigenvalue weighted by Crippen LogP contribution is -2.40. The van der Waals surface area contributed by atoms with Crippen LogP contribution in [0.3, 0.4) is 0 Å². The van der Waals surface area contributed by atoms with Crippen molar-refractivity contribution in [1.29, 1.82) is 0 Å². The summed E-state index contributed by atoms with van der Waals surface area (Å²) in [4.78, 5) is 2.49. The fourth-order valence-corrected chi connectivity index (χ4v) is 3.25. The lowest BCUT2D eigenvalue weighted by atomic mass is 10.0. The Morgan fingerprint density at radius 3 is 3.00 bits per heavy atom. The van der Waals surface area contributed by atoms with Crippen LogP contribution in [-0.2, 0) is 11.3 Å². The summed E-state index contributed by atoms with van der Waals surface area (Å²) in [6.07, 6.45) is 3.88. The number of rotatable bonds is 7. The Hall–Kier alpha value is -0.580. The molecule has 1 aromatic carbocycles. The van der Waals surface area contributed by atoms with Crippen molar-refractivity contribution in [3.63, 3.8) is 0 Å². The molecule has 1 aromatic rings. The van der Waals surface area contributed by atoms with Crippen molar-refractivity contribution in [2.75, 3.05) is 31.1 Å². The van der Waals surface area contributed by atoms with Gasteiger partial charge in [0, 0.05) is 36.4 Å². The Balaban J connectivity index is 2.08. The van der Waals surface area contributed by atoms with Gasteiger partial charge in [-0.05, 0) is 49.6 Å². The van der Waals surface area contributed by atoms with Crippen LogP contribution in [0.15, 0.2) is 22.7 Å². The first kappa shape index (κ1) is 16.8. The molecular weight excluding hydrogens is 328 g/mol. The molecule has 0 bridgehead atoms. The van der Waals surface area contributed by atoms with E-state index in [9.17, 15) is 0 Å². The van der Waals surface area contributed by atoms with E-state index in [0.29, 0.717) is 6.10 Å². The Labute approximate surface area is 137 Å². The van der Waals surface area contributed by atoms with E-state index < -0.39 is 0 Å². The molecular formula is C17H27BrN2O. The second-order valence-corrected chi connectivity index (χ2v) is 6.55. The predicted octanol–water partition coefficient (Wildman–Crippen LogP) is 3.95. The smallest absolute Gasteiger partial charge is 0.0750 e. The highest BCUT2D eigenvalue weighted by Gasteiger charge is 2.22. The second kappa shape index (κ2) is 8.76. The molecule has 1 fully saturated rings. The fraction of sp³-hybridized carbons (Fsp3) is 0.647. The zero-order chi connectivity index (χ0) is 15.1. The molecule has 1 saturated heterocycles. The van der Waals surface area contributed by atoms with E-state index in [4.69, 9.17) is 4.74 Å². The first-order valence-electron chi connectivity index (χ1n) is 8.10. The number of hydrogen-bond donors (Lipinski definition) is 1. The van der Waals surface area contributed by atoms with Crippen LogP contribution >= 0.6 is 15.9 Å². The summed E-state index contributed by atoms with van der Waals surface area (Å²) in [5.41, 5.74) is 2.71. The molecule has 1 unspecified atom stereocenters. The van der Waals surface area contributed by atoms with Gasteiger partial charge in [0.25, 0.3) is 0 Å². The molecule has 0 spiro atoms. The van der Waals surface area contributed by atoms with Gasteiger partial charge in [0.05, 0.1) is 6.10 Å². The lowest BCUT2D eigenvalue weighted by Gasteiger charge is -2.35. The number of anilines is 1. The Kier molecular flexibility index (Phi) is 7.00. The molecule has 0 aromatic heterocycles. The summed E-state index contributed by atoms with van der Waals surface area (Å²) >= 11 is 3.59. The molecule has 1 atom stereocenters. The number of nitrogens with zero attached hydrogens (tertiary/aromatic N) is 1. The van der Waals surface area contributed by atoms with Crippen molar-refractivity contribution in [3.05, 3.63) is 28.2 Å². The van der Waals surface area contributed by atoms with Crippen LogP contribution in [-0.4, -0.2) is 32.3 Å². The maximum atomic E-state index is 5.96. The summed E-state index contributed by atoms with van der Waals surface area (Å²) in [5, 5.41) is 3.44. The predicted molar refractivity (Wildman–Crippen MR) is 93.0 cm³/mol. The summed E-state index contributed by atoms with van der Waals surface area (Å²) in [6.45, 7) is 9.25. The maximum absolute atomic E-state index is 5.96. The van der Waals surface area contributed by atoms with Crippen molar-refractivity contribution in [3.8, 4) is 0 Å². The average Bonchev–Trinajstić information content (AvgIpc) is 2.51. The summed E-state index contributed by atoms with van der Waals surface area (Å²) < 4.78 is 7.11. The number of nitrogens with one attached hydrogen (secondary N) is 1. The molecule has 2 rings (SSSR count). The minimum atomic E-state index is 0.384. The van der Waals surface area contributed by atoms with Crippen LogP contribution in [0.1, 0.15) is 38.7 Å². The number of ether oxygens (including phenoxy) is 1. The molecule has 1 N–H and O–H groups in total. The van der Waals surface area contributed by atoms with Gasteiger partial charge in [0.15, 0.2) is 0 Å². The minimum absolute atomic E-state index is 0.384. The SMILES string of the molecule is CCCOC1CCCN(c2ccc(Br)cc2CNCC)C1. The lowest BCUT2D eigenvalue weighted by molar-refractivity contribution is 0.0440. The third-order valence-corrected chi connectivity index (χ3v) is 4.38. The molecule has 21 heavy (non-hydrogen) atoms. The third kappa shape index (κ3) is 4.97. The van der Waals surface area contributed by atoms with Gasteiger partial charge in [0.2, 0.25) is 0 Å². The van der Waals surface area contributed by atoms with Gasteiger partial charge in [-0.15, -0.1) is 0 Å². The van der Waals surface area contributed by atoms with Gasteiger partial charge in [-0.25, -0.2) is 0 Å². The van der Waals surface area contributed by atoms with E-state index >= 15 is 0 Å². The molecule has 0 aliphatic carbocycles. The molecule has 0 saturated carbocycles. The van der Waals surface area contributed by atoms with Crippen LogP contribution < -0.4 is 10.2 Å². The summed E-state index contributed by atoms with van der Waals surface area (Å²) in [5.74, 6) is 0. The second-order valence-electron chi connectivity index (χ2n) is 5.63. The number of hydrogen-bond acceptors (Lipinski definition) is 3. The van der Waals surface area contributed by atoms with Crippen LogP contribution in [0.4, 0.5) is 5.69 Å². The topological polar surface area (TPSA) is 24.5 Å². The van der Waals surface area contributed by atoms with Gasteiger partial charge < -0.3 is 15.0 Å². The molecule has 1 aliphatic heterocycles. The Morgan fingerprint density at radius 2 is 2.24 bits per heavy atom. The van der Waals surface area contributed by atoms with E-state index in [1.165, 1.54) is 24.1 Å². The maximum Gasteiger partial charge on any atom is 0.0750 e. The molecule has 118 valence electrons. The minimum Gasteiger partial charge on any atom is -0.376 e. The highest BCUT2D eigenvalue weighted by Crippen LogP contribution is 2.28. The van der Waals surface area contributed by atoms with Gasteiger partial charge >= 0.3 is 0 Å². The highest BCUT2D eigenvalue weighted by molar-refractivity contribution is 9.10.